The number of alkyl halides is 3. The Kier molecular flexibility index (Phi) is 8.27. The number of halogens is 3. The highest BCUT2D eigenvalue weighted by molar-refractivity contribution is 5.79. The zero-order valence-electron chi connectivity index (χ0n) is 18.1. The summed E-state index contributed by atoms with van der Waals surface area (Å²) < 4.78 is 46.4. The summed E-state index contributed by atoms with van der Waals surface area (Å²) in [6.45, 7) is 7.62. The largest absolute Gasteiger partial charge is 0.488 e. The van der Waals surface area contributed by atoms with Crippen molar-refractivity contribution in [1.29, 1.82) is 0 Å². The van der Waals surface area contributed by atoms with Gasteiger partial charge in [-0.05, 0) is 63.1 Å². The van der Waals surface area contributed by atoms with E-state index in [2.05, 4.69) is 20.6 Å². The van der Waals surface area contributed by atoms with Crippen LogP contribution in [0.1, 0.15) is 50.5 Å². The molecule has 0 radical (unpaired) electrons. The van der Waals surface area contributed by atoms with Crippen molar-refractivity contribution in [3.8, 4) is 5.75 Å². The smallest absolute Gasteiger partial charge is 0.416 e. The topological polar surface area (TPSA) is 78.8 Å². The molecule has 0 aliphatic rings. The van der Waals surface area contributed by atoms with Gasteiger partial charge in [-0.15, -0.1) is 0 Å². The minimum atomic E-state index is -4.54. The van der Waals surface area contributed by atoms with E-state index >= 15 is 0 Å². The highest BCUT2D eigenvalue weighted by Gasteiger charge is 2.34. The molecule has 2 rings (SSSR count). The average Bonchev–Trinajstić information content (AvgIpc) is 2.69. The van der Waals surface area contributed by atoms with Gasteiger partial charge in [0.15, 0.2) is 5.96 Å². The molecule has 170 valence electrons. The van der Waals surface area contributed by atoms with Crippen molar-refractivity contribution < 1.29 is 23.0 Å². The number of pyridine rings is 1. The molecule has 0 spiro atoms. The Morgan fingerprint density at radius 2 is 1.81 bits per heavy atom. The SMILES string of the molecule is CCNC(=NCc1ccc(OC(C)(C)C)cc1C(F)(F)F)NCC(O)c1ccncc1. The summed E-state index contributed by atoms with van der Waals surface area (Å²) in [6, 6.07) is 7.27. The van der Waals surface area contributed by atoms with Gasteiger partial charge >= 0.3 is 6.18 Å². The number of aliphatic hydroxyl groups is 1. The van der Waals surface area contributed by atoms with Crippen molar-refractivity contribution in [1.82, 2.24) is 15.6 Å². The van der Waals surface area contributed by atoms with Crippen molar-refractivity contribution in [2.24, 2.45) is 4.99 Å². The summed E-state index contributed by atoms with van der Waals surface area (Å²) in [5.74, 6) is 0.455. The molecule has 0 fully saturated rings. The average molecular weight is 438 g/mol. The zero-order chi connectivity index (χ0) is 23.1. The molecule has 0 amide bonds. The maximum atomic E-state index is 13.6. The number of nitrogens with zero attached hydrogens (tertiary/aromatic N) is 2. The molecule has 1 aromatic carbocycles. The van der Waals surface area contributed by atoms with Crippen LogP contribution in [0, 0.1) is 0 Å². The molecule has 1 unspecified atom stereocenters. The van der Waals surface area contributed by atoms with Gasteiger partial charge in [-0.25, -0.2) is 4.99 Å². The number of hydrogen-bond acceptors (Lipinski definition) is 4. The second-order valence-corrected chi connectivity index (χ2v) is 7.90. The quantitative estimate of drug-likeness (QED) is 0.449. The van der Waals surface area contributed by atoms with E-state index in [4.69, 9.17) is 4.74 Å². The molecule has 2 aromatic rings. The molecular formula is C22H29F3N4O2. The van der Waals surface area contributed by atoms with Crippen LogP contribution in [-0.4, -0.2) is 34.7 Å². The lowest BCUT2D eigenvalue weighted by Crippen LogP contribution is -2.39. The molecule has 0 aliphatic heterocycles. The summed E-state index contributed by atoms with van der Waals surface area (Å²) in [6.07, 6.45) is -2.20. The van der Waals surface area contributed by atoms with Gasteiger partial charge in [0.05, 0.1) is 18.2 Å². The van der Waals surface area contributed by atoms with Crippen LogP contribution in [0.25, 0.3) is 0 Å². The first-order valence-electron chi connectivity index (χ1n) is 9.99. The zero-order valence-corrected chi connectivity index (χ0v) is 18.1. The number of rotatable bonds is 7. The molecule has 1 atom stereocenters. The van der Waals surface area contributed by atoms with Crippen molar-refractivity contribution in [3.05, 3.63) is 59.4 Å². The van der Waals surface area contributed by atoms with E-state index in [-0.39, 0.29) is 24.4 Å². The molecule has 0 bridgehead atoms. The summed E-state index contributed by atoms with van der Waals surface area (Å²) >= 11 is 0. The highest BCUT2D eigenvalue weighted by Crippen LogP contribution is 2.35. The standard InChI is InChI=1S/C22H29F3N4O2/c1-5-27-20(29-14-19(30)15-8-10-26-11-9-15)28-13-16-6-7-17(31-21(2,3)4)12-18(16)22(23,24)25/h6-12,19,30H,5,13-14H2,1-4H3,(H2,27,28,29). The van der Waals surface area contributed by atoms with Crippen LogP contribution in [0.5, 0.6) is 5.75 Å². The first kappa shape index (κ1) is 24.5. The second kappa shape index (κ2) is 10.5. The Balaban J connectivity index is 2.17. The molecule has 3 N–H and O–H groups in total. The van der Waals surface area contributed by atoms with E-state index < -0.39 is 23.4 Å². The molecule has 6 nitrogen and oxygen atoms in total. The van der Waals surface area contributed by atoms with Crippen molar-refractivity contribution in [2.45, 2.75) is 52.1 Å². The molecular weight excluding hydrogens is 409 g/mol. The van der Waals surface area contributed by atoms with Crippen LogP contribution in [0.2, 0.25) is 0 Å². The molecule has 1 aromatic heterocycles. The highest BCUT2D eigenvalue weighted by atomic mass is 19.4. The van der Waals surface area contributed by atoms with Crippen molar-refractivity contribution >= 4 is 5.96 Å². The number of nitrogens with one attached hydrogen (secondary N) is 2. The van der Waals surface area contributed by atoms with Gasteiger partial charge in [-0.2, -0.15) is 13.2 Å². The summed E-state index contributed by atoms with van der Waals surface area (Å²) in [5.41, 5.74) is -0.696. The third kappa shape index (κ3) is 8.09. The van der Waals surface area contributed by atoms with Gasteiger partial charge in [0.25, 0.3) is 0 Å². The van der Waals surface area contributed by atoms with E-state index in [9.17, 15) is 18.3 Å². The predicted molar refractivity (Wildman–Crippen MR) is 114 cm³/mol. The van der Waals surface area contributed by atoms with Crippen LogP contribution in [-0.2, 0) is 12.7 Å². The third-order valence-corrected chi connectivity index (χ3v) is 4.12. The Hall–Kier alpha value is -2.81. The number of benzene rings is 1. The fourth-order valence-electron chi connectivity index (χ4n) is 2.78. The van der Waals surface area contributed by atoms with E-state index in [1.807, 2.05) is 6.92 Å². The number of ether oxygens (including phenoxy) is 1. The van der Waals surface area contributed by atoms with Gasteiger partial charge in [0, 0.05) is 25.5 Å². The summed E-state index contributed by atoms with van der Waals surface area (Å²) in [7, 11) is 0. The molecule has 0 aliphatic carbocycles. The van der Waals surface area contributed by atoms with Gasteiger partial charge in [0.2, 0.25) is 0 Å². The van der Waals surface area contributed by atoms with Gasteiger partial charge in [0.1, 0.15) is 11.4 Å². The Morgan fingerprint density at radius 1 is 1.13 bits per heavy atom. The van der Waals surface area contributed by atoms with Crippen LogP contribution < -0.4 is 15.4 Å². The minimum Gasteiger partial charge on any atom is -0.488 e. The van der Waals surface area contributed by atoms with Crippen molar-refractivity contribution in [3.63, 3.8) is 0 Å². The van der Waals surface area contributed by atoms with Crippen molar-refractivity contribution in [2.75, 3.05) is 13.1 Å². The van der Waals surface area contributed by atoms with E-state index in [0.29, 0.717) is 18.1 Å². The fraction of sp³-hybridized carbons (Fsp3) is 0.455. The van der Waals surface area contributed by atoms with E-state index in [1.165, 1.54) is 12.1 Å². The lowest BCUT2D eigenvalue weighted by molar-refractivity contribution is -0.138. The normalized spacial score (nSPS) is 13.6. The first-order valence-corrected chi connectivity index (χ1v) is 9.99. The third-order valence-electron chi connectivity index (χ3n) is 4.12. The first-order chi connectivity index (χ1) is 14.5. The number of aliphatic hydroxyl groups excluding tert-OH is 1. The summed E-state index contributed by atoms with van der Waals surface area (Å²) in [4.78, 5) is 8.16. The van der Waals surface area contributed by atoms with E-state index in [0.717, 1.165) is 6.07 Å². The van der Waals surface area contributed by atoms with E-state index in [1.54, 1.807) is 45.3 Å². The maximum Gasteiger partial charge on any atom is 0.416 e. The lowest BCUT2D eigenvalue weighted by Gasteiger charge is -2.23. The second-order valence-electron chi connectivity index (χ2n) is 7.90. The molecule has 31 heavy (non-hydrogen) atoms. The molecule has 9 heteroatoms. The van der Waals surface area contributed by atoms with Gasteiger partial charge in [-0.1, -0.05) is 6.07 Å². The molecule has 1 heterocycles. The Morgan fingerprint density at radius 3 is 2.39 bits per heavy atom. The molecule has 0 saturated heterocycles. The lowest BCUT2D eigenvalue weighted by atomic mass is 10.1. The van der Waals surface area contributed by atoms with Crippen LogP contribution in [0.4, 0.5) is 13.2 Å². The number of guanidine groups is 1. The maximum absolute atomic E-state index is 13.6. The number of aliphatic imine (C=N–C) groups is 1. The van der Waals surface area contributed by atoms with Gasteiger partial charge in [-0.3, -0.25) is 4.98 Å². The monoisotopic (exact) mass is 438 g/mol. The van der Waals surface area contributed by atoms with Crippen LogP contribution >= 0.6 is 0 Å². The fourth-order valence-corrected chi connectivity index (χ4v) is 2.78. The van der Waals surface area contributed by atoms with Crippen LogP contribution in [0.3, 0.4) is 0 Å². The van der Waals surface area contributed by atoms with Gasteiger partial charge < -0.3 is 20.5 Å². The van der Waals surface area contributed by atoms with Crippen LogP contribution in [0.15, 0.2) is 47.7 Å². The Labute approximate surface area is 180 Å². The number of hydrogen-bond donors (Lipinski definition) is 3. The number of aromatic nitrogens is 1. The minimum absolute atomic E-state index is 0.0284. The predicted octanol–water partition coefficient (Wildman–Crippen LogP) is 4.07. The summed E-state index contributed by atoms with van der Waals surface area (Å²) in [5, 5.41) is 16.2. The Bertz CT molecular complexity index is 865. The molecule has 0 saturated carbocycles.